The van der Waals surface area contributed by atoms with E-state index < -0.39 is 6.04 Å². The molecule has 0 bridgehead atoms. The summed E-state index contributed by atoms with van der Waals surface area (Å²) in [5.41, 5.74) is 2.11. The lowest BCUT2D eigenvalue weighted by molar-refractivity contribution is -0.126. The highest BCUT2D eigenvalue weighted by atomic mass is 35.5. The number of furan rings is 1. The first kappa shape index (κ1) is 22.7. The molecule has 1 aromatic carbocycles. The molecule has 2 aliphatic rings. The summed E-state index contributed by atoms with van der Waals surface area (Å²) in [6.07, 6.45) is 13.3. The molecule has 1 heterocycles. The molecule has 2 aliphatic carbocycles. The molecule has 1 saturated carbocycles. The number of amides is 2. The predicted molar refractivity (Wildman–Crippen MR) is 126 cm³/mol. The van der Waals surface area contributed by atoms with Crippen molar-refractivity contribution >= 4 is 23.4 Å². The summed E-state index contributed by atoms with van der Waals surface area (Å²) in [5.74, 6) is -0.167. The van der Waals surface area contributed by atoms with Crippen molar-refractivity contribution in [1.82, 2.24) is 10.2 Å². The summed E-state index contributed by atoms with van der Waals surface area (Å²) in [4.78, 5) is 28.7. The van der Waals surface area contributed by atoms with Crippen LogP contribution in [0.3, 0.4) is 0 Å². The number of benzene rings is 1. The smallest absolute Gasteiger partial charge is 0.290 e. The van der Waals surface area contributed by atoms with E-state index in [1.54, 1.807) is 29.2 Å². The highest BCUT2D eigenvalue weighted by Crippen LogP contribution is 2.29. The molecule has 4 rings (SSSR count). The Bertz CT molecular complexity index is 930. The van der Waals surface area contributed by atoms with Crippen LogP contribution in [0.5, 0.6) is 0 Å². The molecule has 32 heavy (non-hydrogen) atoms. The summed E-state index contributed by atoms with van der Waals surface area (Å²) in [7, 11) is 0. The molecule has 6 heteroatoms. The summed E-state index contributed by atoms with van der Waals surface area (Å²) in [5, 5.41) is 3.80. The Kier molecular flexibility index (Phi) is 7.69. The second-order valence-corrected chi connectivity index (χ2v) is 9.21. The zero-order valence-electron chi connectivity index (χ0n) is 18.4. The number of carbonyl (C=O) groups is 2. The molecule has 1 fully saturated rings. The normalized spacial score (nSPS) is 17.6. The maximum atomic E-state index is 13.6. The van der Waals surface area contributed by atoms with Crippen LogP contribution in [0.1, 0.15) is 79.9 Å². The van der Waals surface area contributed by atoms with Crippen LogP contribution in [0.4, 0.5) is 0 Å². The van der Waals surface area contributed by atoms with E-state index in [0.29, 0.717) is 11.6 Å². The highest BCUT2D eigenvalue weighted by molar-refractivity contribution is 6.30. The number of nitrogens with zero attached hydrogens (tertiary/aromatic N) is 1. The van der Waals surface area contributed by atoms with Gasteiger partial charge in [0.25, 0.3) is 5.91 Å². The minimum absolute atomic E-state index is 0.142. The predicted octanol–water partition coefficient (Wildman–Crippen LogP) is 6.07. The van der Waals surface area contributed by atoms with Gasteiger partial charge in [0, 0.05) is 17.6 Å². The molecule has 1 N–H and O–H groups in total. The van der Waals surface area contributed by atoms with Crippen molar-refractivity contribution in [3.63, 3.8) is 0 Å². The van der Waals surface area contributed by atoms with Crippen LogP contribution in [0, 0.1) is 0 Å². The number of hydrogen-bond donors (Lipinski definition) is 1. The molecule has 2 amide bonds. The first-order chi connectivity index (χ1) is 15.6. The summed E-state index contributed by atoms with van der Waals surface area (Å²) in [6.45, 7) is 0.455. The molecule has 0 saturated heterocycles. The number of allylic oxidation sites excluding steroid dienone is 1. The fourth-order valence-electron chi connectivity index (χ4n) is 4.75. The van der Waals surface area contributed by atoms with Gasteiger partial charge in [0.1, 0.15) is 6.04 Å². The molecule has 170 valence electrons. The Morgan fingerprint density at radius 1 is 1.09 bits per heavy atom. The van der Waals surface area contributed by atoms with Gasteiger partial charge in [-0.3, -0.25) is 9.59 Å². The average Bonchev–Trinajstić information content (AvgIpc) is 3.52. The minimum Gasteiger partial charge on any atom is -0.459 e. The van der Waals surface area contributed by atoms with Crippen molar-refractivity contribution in [2.24, 2.45) is 0 Å². The lowest BCUT2D eigenvalue weighted by Crippen LogP contribution is -2.46. The molecule has 1 atom stereocenters. The van der Waals surface area contributed by atoms with Crippen LogP contribution in [-0.4, -0.2) is 29.3 Å². The molecular formula is C26H31ClN2O3. The number of hydrogen-bond acceptors (Lipinski definition) is 3. The van der Waals surface area contributed by atoms with Crippen LogP contribution in [0.2, 0.25) is 5.02 Å². The lowest BCUT2D eigenvalue weighted by atomic mass is 9.96. The van der Waals surface area contributed by atoms with E-state index >= 15 is 0 Å². The Balaban J connectivity index is 1.64. The highest BCUT2D eigenvalue weighted by Gasteiger charge is 2.34. The Hall–Kier alpha value is -2.53. The van der Waals surface area contributed by atoms with Crippen molar-refractivity contribution in [3.8, 4) is 0 Å². The second-order valence-electron chi connectivity index (χ2n) is 8.78. The van der Waals surface area contributed by atoms with Gasteiger partial charge in [-0.2, -0.15) is 0 Å². The molecule has 0 radical (unpaired) electrons. The zero-order valence-corrected chi connectivity index (χ0v) is 19.2. The van der Waals surface area contributed by atoms with Gasteiger partial charge < -0.3 is 14.6 Å². The fourth-order valence-corrected chi connectivity index (χ4v) is 4.88. The third-order valence-corrected chi connectivity index (χ3v) is 6.75. The quantitative estimate of drug-likeness (QED) is 0.492. The molecule has 5 nitrogen and oxygen atoms in total. The van der Waals surface area contributed by atoms with Gasteiger partial charge in [0.15, 0.2) is 5.76 Å². The van der Waals surface area contributed by atoms with Gasteiger partial charge in [-0.15, -0.1) is 0 Å². The maximum Gasteiger partial charge on any atom is 0.290 e. The first-order valence-corrected chi connectivity index (χ1v) is 12.1. The fraction of sp³-hybridized carbons (Fsp3) is 0.462. The molecule has 2 aromatic rings. The zero-order chi connectivity index (χ0) is 22.3. The molecular weight excluding hydrogens is 424 g/mol. The van der Waals surface area contributed by atoms with E-state index in [4.69, 9.17) is 16.0 Å². The number of halogens is 1. The van der Waals surface area contributed by atoms with Crippen molar-refractivity contribution in [3.05, 3.63) is 70.7 Å². The van der Waals surface area contributed by atoms with E-state index in [-0.39, 0.29) is 23.6 Å². The van der Waals surface area contributed by atoms with Crippen LogP contribution in [0.25, 0.3) is 0 Å². The van der Waals surface area contributed by atoms with Crippen LogP contribution < -0.4 is 5.32 Å². The SMILES string of the molecule is O=C(NC1CCCC1)[C@@H](c1ccc(Cl)cc1)N(CCC1=CCCCC1)C(=O)c1ccco1. The minimum atomic E-state index is -0.741. The second kappa shape index (κ2) is 10.9. The van der Waals surface area contributed by atoms with E-state index in [1.807, 2.05) is 12.1 Å². The molecule has 0 unspecified atom stereocenters. The van der Waals surface area contributed by atoms with E-state index in [2.05, 4.69) is 11.4 Å². The molecule has 0 spiro atoms. The Morgan fingerprint density at radius 2 is 1.88 bits per heavy atom. The van der Waals surface area contributed by atoms with Gasteiger partial charge in [0.05, 0.1) is 6.26 Å². The number of rotatable bonds is 8. The van der Waals surface area contributed by atoms with E-state index in [1.165, 1.54) is 24.7 Å². The maximum absolute atomic E-state index is 13.6. The van der Waals surface area contributed by atoms with Gasteiger partial charge in [-0.25, -0.2) is 0 Å². The van der Waals surface area contributed by atoms with Crippen LogP contribution in [0.15, 0.2) is 58.7 Å². The van der Waals surface area contributed by atoms with E-state index in [0.717, 1.165) is 50.5 Å². The van der Waals surface area contributed by atoms with Gasteiger partial charge in [0.2, 0.25) is 5.91 Å². The van der Waals surface area contributed by atoms with Crippen LogP contribution >= 0.6 is 11.6 Å². The third-order valence-electron chi connectivity index (χ3n) is 6.50. The summed E-state index contributed by atoms with van der Waals surface area (Å²) < 4.78 is 5.43. The van der Waals surface area contributed by atoms with E-state index in [9.17, 15) is 9.59 Å². The third kappa shape index (κ3) is 5.63. The van der Waals surface area contributed by atoms with Crippen molar-refractivity contribution in [1.29, 1.82) is 0 Å². The Morgan fingerprint density at radius 3 is 2.53 bits per heavy atom. The number of carbonyl (C=O) groups excluding carboxylic acids is 2. The largest absolute Gasteiger partial charge is 0.459 e. The summed E-state index contributed by atoms with van der Waals surface area (Å²) in [6, 6.07) is 9.99. The standard InChI is InChI=1S/C26H31ClN2O3/c27-21-14-12-20(13-15-21)24(25(30)28-22-9-4-5-10-22)29(26(31)23-11-6-18-32-23)17-16-19-7-2-1-3-8-19/h6-7,11-15,18,22,24H,1-5,8-10,16-17H2,(H,28,30)/t24-/m1/s1. The summed E-state index contributed by atoms with van der Waals surface area (Å²) >= 11 is 6.12. The Labute approximate surface area is 194 Å². The van der Waals surface area contributed by atoms with Crippen molar-refractivity contribution < 1.29 is 14.0 Å². The monoisotopic (exact) mass is 454 g/mol. The van der Waals surface area contributed by atoms with Crippen molar-refractivity contribution in [2.75, 3.05) is 6.54 Å². The lowest BCUT2D eigenvalue weighted by Gasteiger charge is -2.32. The van der Waals surface area contributed by atoms with Gasteiger partial charge >= 0.3 is 0 Å². The number of nitrogens with one attached hydrogen (secondary N) is 1. The average molecular weight is 455 g/mol. The molecule has 0 aliphatic heterocycles. The first-order valence-electron chi connectivity index (χ1n) is 11.7. The molecule has 1 aromatic heterocycles. The van der Waals surface area contributed by atoms with Gasteiger partial charge in [-0.1, -0.05) is 48.2 Å². The van der Waals surface area contributed by atoms with Crippen LogP contribution in [-0.2, 0) is 4.79 Å². The van der Waals surface area contributed by atoms with Crippen molar-refractivity contribution in [2.45, 2.75) is 69.9 Å². The van der Waals surface area contributed by atoms with Gasteiger partial charge in [-0.05, 0) is 74.8 Å². The topological polar surface area (TPSA) is 62.6 Å².